The summed E-state index contributed by atoms with van der Waals surface area (Å²) < 4.78 is 18.7. The Balaban J connectivity index is 2.43. The van der Waals surface area contributed by atoms with Crippen LogP contribution >= 0.6 is 11.6 Å². The van der Waals surface area contributed by atoms with Crippen molar-refractivity contribution >= 4 is 17.3 Å². The zero-order valence-corrected chi connectivity index (χ0v) is 11.9. The molecule has 2 aromatic rings. The third kappa shape index (κ3) is 3.48. The van der Waals surface area contributed by atoms with E-state index < -0.39 is 16.4 Å². The fourth-order valence-corrected chi connectivity index (χ4v) is 2.05. The van der Waals surface area contributed by atoms with Crippen LogP contribution in [0.4, 0.5) is 10.1 Å². The fraction of sp³-hybridized carbons (Fsp3) is 0.143. The minimum absolute atomic E-state index is 0.0407. The smallest absolute Gasteiger partial charge is 0.314 e. The molecule has 21 heavy (non-hydrogen) atoms. The number of nitro benzene ring substituents is 1. The molecule has 2 rings (SSSR count). The van der Waals surface area contributed by atoms with Crippen LogP contribution in [0.3, 0.4) is 0 Å². The summed E-state index contributed by atoms with van der Waals surface area (Å²) in [5.41, 5.74) is 0.227. The molecule has 0 aliphatic rings. The summed E-state index contributed by atoms with van der Waals surface area (Å²) in [6, 6.07) is 8.15. The van der Waals surface area contributed by atoms with Gasteiger partial charge in [-0.3, -0.25) is 10.1 Å². The highest BCUT2D eigenvalue weighted by molar-refractivity contribution is 6.31. The quantitative estimate of drug-likeness (QED) is 0.672. The Kier molecular flexibility index (Phi) is 4.72. The number of ether oxygens (including phenoxy) is 1. The number of nitrogens with zero attached hydrogens (tertiary/aromatic N) is 1. The molecule has 0 saturated heterocycles. The van der Waals surface area contributed by atoms with E-state index in [1.165, 1.54) is 6.07 Å². The Bertz CT molecular complexity index is 679. The molecule has 0 fully saturated rings. The second kappa shape index (κ2) is 6.51. The number of rotatable bonds is 5. The molecule has 0 aromatic heterocycles. The summed E-state index contributed by atoms with van der Waals surface area (Å²) in [7, 11) is 1.74. The summed E-state index contributed by atoms with van der Waals surface area (Å²) in [6.45, 7) is 0.435. The van der Waals surface area contributed by atoms with Crippen LogP contribution in [-0.4, -0.2) is 12.0 Å². The summed E-state index contributed by atoms with van der Waals surface area (Å²) in [6.07, 6.45) is 0. The molecule has 0 saturated carbocycles. The first-order chi connectivity index (χ1) is 10.0. The van der Waals surface area contributed by atoms with E-state index in [2.05, 4.69) is 5.32 Å². The lowest BCUT2D eigenvalue weighted by Crippen LogP contribution is -2.07. The Labute approximate surface area is 125 Å². The summed E-state index contributed by atoms with van der Waals surface area (Å²) in [4.78, 5) is 10.3. The molecule has 0 radical (unpaired) electrons. The maximum absolute atomic E-state index is 13.1. The Morgan fingerprint density at radius 1 is 1.33 bits per heavy atom. The van der Waals surface area contributed by atoms with E-state index in [1.807, 2.05) is 0 Å². The van der Waals surface area contributed by atoms with Gasteiger partial charge in [0.1, 0.15) is 11.6 Å². The highest BCUT2D eigenvalue weighted by Gasteiger charge is 2.18. The lowest BCUT2D eigenvalue weighted by molar-refractivity contribution is -0.385. The van der Waals surface area contributed by atoms with Crippen molar-refractivity contribution in [2.24, 2.45) is 0 Å². The zero-order chi connectivity index (χ0) is 15.4. The van der Waals surface area contributed by atoms with Gasteiger partial charge in [0.05, 0.1) is 11.0 Å². The van der Waals surface area contributed by atoms with E-state index in [4.69, 9.17) is 16.3 Å². The number of hydrogen-bond donors (Lipinski definition) is 1. The van der Waals surface area contributed by atoms with Gasteiger partial charge in [0.15, 0.2) is 0 Å². The third-order valence-corrected chi connectivity index (χ3v) is 3.12. The van der Waals surface area contributed by atoms with Crippen LogP contribution in [-0.2, 0) is 6.54 Å². The number of benzene rings is 2. The van der Waals surface area contributed by atoms with Gasteiger partial charge in [-0.05, 0) is 31.3 Å². The predicted molar refractivity (Wildman–Crippen MR) is 77.3 cm³/mol. The first-order valence-electron chi connectivity index (χ1n) is 6.06. The van der Waals surface area contributed by atoms with Gasteiger partial charge in [-0.1, -0.05) is 17.7 Å². The molecule has 0 unspecified atom stereocenters. The molecule has 0 spiro atoms. The van der Waals surface area contributed by atoms with Crippen LogP contribution in [0.25, 0.3) is 0 Å². The van der Waals surface area contributed by atoms with Crippen molar-refractivity contribution in [3.8, 4) is 11.5 Å². The highest BCUT2D eigenvalue weighted by atomic mass is 35.5. The Morgan fingerprint density at radius 3 is 2.76 bits per heavy atom. The van der Waals surface area contributed by atoms with Gasteiger partial charge in [0.2, 0.25) is 5.75 Å². The van der Waals surface area contributed by atoms with Crippen molar-refractivity contribution in [2.75, 3.05) is 7.05 Å². The number of nitro groups is 1. The lowest BCUT2D eigenvalue weighted by Gasteiger charge is -2.12. The van der Waals surface area contributed by atoms with Gasteiger partial charge in [-0.2, -0.15) is 0 Å². The lowest BCUT2D eigenvalue weighted by atomic mass is 10.2. The topological polar surface area (TPSA) is 64.4 Å². The molecule has 0 heterocycles. The molecule has 110 valence electrons. The van der Waals surface area contributed by atoms with Gasteiger partial charge in [-0.15, -0.1) is 0 Å². The fourth-order valence-electron chi connectivity index (χ4n) is 1.82. The van der Waals surface area contributed by atoms with Crippen molar-refractivity contribution in [3.63, 3.8) is 0 Å². The van der Waals surface area contributed by atoms with E-state index in [0.717, 1.165) is 12.1 Å². The molecule has 0 atom stereocenters. The second-order valence-electron chi connectivity index (χ2n) is 4.22. The van der Waals surface area contributed by atoms with E-state index in [-0.39, 0.29) is 5.75 Å². The molecular weight excluding hydrogens is 299 g/mol. The van der Waals surface area contributed by atoms with Crippen LogP contribution in [0.15, 0.2) is 36.4 Å². The predicted octanol–water partition coefficient (Wildman–Crippen LogP) is 3.90. The van der Waals surface area contributed by atoms with Crippen molar-refractivity contribution in [2.45, 2.75) is 6.54 Å². The van der Waals surface area contributed by atoms with Crippen molar-refractivity contribution in [3.05, 3.63) is 62.9 Å². The number of halogens is 2. The largest absolute Gasteiger partial charge is 0.450 e. The van der Waals surface area contributed by atoms with E-state index in [0.29, 0.717) is 22.9 Å². The zero-order valence-electron chi connectivity index (χ0n) is 11.1. The van der Waals surface area contributed by atoms with Crippen molar-refractivity contribution in [1.29, 1.82) is 0 Å². The first-order valence-corrected chi connectivity index (χ1v) is 6.44. The molecule has 0 aliphatic heterocycles. The van der Waals surface area contributed by atoms with E-state index in [9.17, 15) is 14.5 Å². The van der Waals surface area contributed by atoms with E-state index in [1.54, 1.807) is 25.2 Å². The molecule has 0 aliphatic carbocycles. The highest BCUT2D eigenvalue weighted by Crippen LogP contribution is 2.35. The molecule has 2 aromatic carbocycles. The minimum atomic E-state index is -0.699. The SMILES string of the molecule is CNCc1c(Cl)cccc1Oc1ccc(F)cc1[N+](=O)[O-]. The average Bonchev–Trinajstić information content (AvgIpc) is 2.44. The van der Waals surface area contributed by atoms with Gasteiger partial charge in [-0.25, -0.2) is 4.39 Å². The van der Waals surface area contributed by atoms with Gasteiger partial charge in [0, 0.05) is 17.1 Å². The van der Waals surface area contributed by atoms with Crippen LogP contribution in [0, 0.1) is 15.9 Å². The molecular formula is C14H12ClFN2O3. The standard InChI is InChI=1S/C14H12ClFN2O3/c1-17-8-10-11(15)3-2-4-13(10)21-14-6-5-9(16)7-12(14)18(19)20/h2-7,17H,8H2,1H3. The summed E-state index contributed by atoms with van der Waals surface area (Å²) in [5, 5.41) is 14.4. The molecule has 5 nitrogen and oxygen atoms in total. The molecule has 1 N–H and O–H groups in total. The molecule has 7 heteroatoms. The Hall–Kier alpha value is -2.18. The van der Waals surface area contributed by atoms with Crippen LogP contribution < -0.4 is 10.1 Å². The van der Waals surface area contributed by atoms with Crippen molar-refractivity contribution < 1.29 is 14.1 Å². The first kappa shape index (κ1) is 15.2. The van der Waals surface area contributed by atoms with Gasteiger partial charge >= 0.3 is 5.69 Å². The Morgan fingerprint density at radius 2 is 2.10 bits per heavy atom. The van der Waals surface area contributed by atoms with E-state index >= 15 is 0 Å². The second-order valence-corrected chi connectivity index (χ2v) is 4.63. The summed E-state index contributed by atoms with van der Waals surface area (Å²) >= 11 is 6.09. The van der Waals surface area contributed by atoms with Crippen LogP contribution in [0.2, 0.25) is 5.02 Å². The summed E-state index contributed by atoms with van der Waals surface area (Å²) in [5.74, 6) is -0.358. The maximum Gasteiger partial charge on any atom is 0.314 e. The van der Waals surface area contributed by atoms with Crippen LogP contribution in [0.5, 0.6) is 11.5 Å². The number of hydrogen-bond acceptors (Lipinski definition) is 4. The third-order valence-electron chi connectivity index (χ3n) is 2.77. The monoisotopic (exact) mass is 310 g/mol. The van der Waals surface area contributed by atoms with Gasteiger partial charge < -0.3 is 10.1 Å². The normalized spacial score (nSPS) is 10.4. The molecule has 0 amide bonds. The van der Waals surface area contributed by atoms with Crippen molar-refractivity contribution in [1.82, 2.24) is 5.32 Å². The van der Waals surface area contributed by atoms with Crippen LogP contribution in [0.1, 0.15) is 5.56 Å². The maximum atomic E-state index is 13.1. The van der Waals surface area contributed by atoms with Gasteiger partial charge in [0.25, 0.3) is 0 Å². The average molecular weight is 311 g/mol. The number of nitrogens with one attached hydrogen (secondary N) is 1. The minimum Gasteiger partial charge on any atom is -0.450 e. The molecule has 0 bridgehead atoms.